The molecular formula is C21H17N3O4S. The third kappa shape index (κ3) is 3.65. The summed E-state index contributed by atoms with van der Waals surface area (Å²) in [4.78, 5) is 24.3. The van der Waals surface area contributed by atoms with Crippen LogP contribution in [0.4, 0.5) is 10.7 Å². The molecule has 0 saturated carbocycles. The van der Waals surface area contributed by atoms with E-state index in [0.717, 1.165) is 29.7 Å². The number of benzene rings is 1. The van der Waals surface area contributed by atoms with E-state index < -0.39 is 10.8 Å². The lowest BCUT2D eigenvalue weighted by Gasteiger charge is -2.17. The monoisotopic (exact) mass is 407 g/mol. The van der Waals surface area contributed by atoms with Gasteiger partial charge in [-0.2, -0.15) is 5.26 Å². The molecule has 3 aromatic rings. The van der Waals surface area contributed by atoms with Crippen LogP contribution in [-0.2, 0) is 12.8 Å². The first-order valence-corrected chi connectivity index (χ1v) is 9.98. The van der Waals surface area contributed by atoms with E-state index >= 15 is 0 Å². The summed E-state index contributed by atoms with van der Waals surface area (Å²) in [6.07, 6.45) is 2.81. The summed E-state index contributed by atoms with van der Waals surface area (Å²) in [5, 5.41) is 23.9. The number of nitro benzene ring substituents is 1. The Morgan fingerprint density at radius 3 is 2.97 bits per heavy atom. The Kier molecular flexibility index (Phi) is 4.91. The first-order valence-electron chi connectivity index (χ1n) is 9.17. The van der Waals surface area contributed by atoms with Crippen LogP contribution in [0, 0.1) is 27.4 Å². The van der Waals surface area contributed by atoms with E-state index in [9.17, 15) is 20.2 Å². The fraction of sp³-hybridized carbons (Fsp3) is 0.238. The van der Waals surface area contributed by atoms with Crippen LogP contribution in [0.3, 0.4) is 0 Å². The Hall–Kier alpha value is -3.44. The Morgan fingerprint density at radius 2 is 2.21 bits per heavy atom. The maximum absolute atomic E-state index is 12.7. The van der Waals surface area contributed by atoms with E-state index in [1.54, 1.807) is 18.2 Å². The number of hydrogen-bond donors (Lipinski definition) is 1. The fourth-order valence-corrected chi connectivity index (χ4v) is 4.87. The number of nitrogens with zero attached hydrogens (tertiary/aromatic N) is 2. The van der Waals surface area contributed by atoms with Gasteiger partial charge in [-0.25, -0.2) is 0 Å². The van der Waals surface area contributed by atoms with Crippen LogP contribution in [-0.4, -0.2) is 10.8 Å². The van der Waals surface area contributed by atoms with Crippen molar-refractivity contribution in [3.63, 3.8) is 0 Å². The van der Waals surface area contributed by atoms with Gasteiger partial charge in [0, 0.05) is 22.6 Å². The molecule has 1 aliphatic rings. The summed E-state index contributed by atoms with van der Waals surface area (Å²) >= 11 is 1.45. The number of amides is 1. The van der Waals surface area contributed by atoms with E-state index in [2.05, 4.69) is 18.3 Å². The average molecular weight is 407 g/mol. The van der Waals surface area contributed by atoms with Crippen molar-refractivity contribution in [3.8, 4) is 17.4 Å². The van der Waals surface area contributed by atoms with Crippen molar-refractivity contribution in [1.82, 2.24) is 0 Å². The minimum Gasteiger partial charge on any atom is -0.451 e. The van der Waals surface area contributed by atoms with Gasteiger partial charge in [-0.1, -0.05) is 19.1 Å². The summed E-state index contributed by atoms with van der Waals surface area (Å²) < 4.78 is 5.62. The molecule has 2 heterocycles. The predicted octanol–water partition coefficient (Wildman–Crippen LogP) is 5.17. The van der Waals surface area contributed by atoms with E-state index in [0.29, 0.717) is 27.8 Å². The fourth-order valence-electron chi connectivity index (χ4n) is 3.51. The Balaban J connectivity index is 1.57. The zero-order valence-electron chi connectivity index (χ0n) is 15.6. The first kappa shape index (κ1) is 18.9. The highest BCUT2D eigenvalue weighted by molar-refractivity contribution is 7.16. The van der Waals surface area contributed by atoms with Crippen molar-refractivity contribution < 1.29 is 14.1 Å². The maximum Gasteiger partial charge on any atom is 0.292 e. The molecule has 1 amide bonds. The highest BCUT2D eigenvalue weighted by Gasteiger charge is 2.25. The normalized spacial score (nSPS) is 15.4. The SMILES string of the molecule is C[C@@H]1CCc2c(sc(NC(=O)c3ccc(-c4cccc([N+](=O)[O-])c4)o3)c2C#N)C1. The Labute approximate surface area is 170 Å². The highest BCUT2D eigenvalue weighted by Crippen LogP contribution is 2.39. The number of fused-ring (bicyclic) bond motifs is 1. The van der Waals surface area contributed by atoms with E-state index in [-0.39, 0.29) is 11.4 Å². The molecule has 8 heteroatoms. The van der Waals surface area contributed by atoms with Crippen LogP contribution < -0.4 is 5.32 Å². The number of hydrogen-bond acceptors (Lipinski definition) is 6. The molecule has 0 bridgehead atoms. The standard InChI is InChI=1S/C21H17N3O4S/c1-12-5-6-15-16(11-22)21(29-19(15)9-12)23-20(25)18-8-7-17(28-18)13-3-2-4-14(10-13)24(26)27/h2-4,7-8,10,12H,5-6,9H2,1H3,(H,23,25)/t12-/m1/s1. The van der Waals surface area contributed by atoms with Gasteiger partial charge in [-0.15, -0.1) is 11.3 Å². The van der Waals surface area contributed by atoms with Crippen LogP contribution >= 0.6 is 11.3 Å². The third-order valence-electron chi connectivity index (χ3n) is 5.02. The second kappa shape index (κ2) is 7.53. The molecule has 146 valence electrons. The lowest BCUT2D eigenvalue weighted by atomic mass is 9.89. The van der Waals surface area contributed by atoms with Crippen molar-refractivity contribution in [2.45, 2.75) is 26.2 Å². The molecule has 0 spiro atoms. The van der Waals surface area contributed by atoms with Crippen molar-refractivity contribution >= 4 is 27.9 Å². The zero-order chi connectivity index (χ0) is 20.5. The lowest BCUT2D eigenvalue weighted by molar-refractivity contribution is -0.384. The topological polar surface area (TPSA) is 109 Å². The highest BCUT2D eigenvalue weighted by atomic mass is 32.1. The van der Waals surface area contributed by atoms with Crippen LogP contribution in [0.1, 0.15) is 39.9 Å². The molecule has 7 nitrogen and oxygen atoms in total. The molecular weight excluding hydrogens is 390 g/mol. The molecule has 1 aromatic carbocycles. The summed E-state index contributed by atoms with van der Waals surface area (Å²) in [6, 6.07) is 11.4. The molecule has 0 aliphatic heterocycles. The van der Waals surface area contributed by atoms with E-state index in [1.807, 2.05) is 0 Å². The third-order valence-corrected chi connectivity index (χ3v) is 6.19. The van der Waals surface area contributed by atoms with Crippen LogP contribution in [0.15, 0.2) is 40.8 Å². The second-order valence-corrected chi connectivity index (χ2v) is 8.20. The van der Waals surface area contributed by atoms with Gasteiger partial charge < -0.3 is 9.73 Å². The molecule has 0 saturated heterocycles. The van der Waals surface area contributed by atoms with Gasteiger partial charge in [0.05, 0.1) is 10.5 Å². The summed E-state index contributed by atoms with van der Waals surface area (Å²) in [5.74, 6) is 0.553. The Bertz CT molecular complexity index is 1160. The number of anilines is 1. The van der Waals surface area contributed by atoms with Gasteiger partial charge >= 0.3 is 0 Å². The van der Waals surface area contributed by atoms with E-state index in [4.69, 9.17) is 4.42 Å². The van der Waals surface area contributed by atoms with Crippen LogP contribution in [0.2, 0.25) is 0 Å². The number of furan rings is 1. The minimum atomic E-state index is -0.483. The number of carbonyl (C=O) groups is 1. The zero-order valence-corrected chi connectivity index (χ0v) is 16.4. The van der Waals surface area contributed by atoms with Gasteiger partial charge in [0.25, 0.3) is 11.6 Å². The van der Waals surface area contributed by atoms with Gasteiger partial charge in [0.2, 0.25) is 0 Å². The van der Waals surface area contributed by atoms with Crippen LogP contribution in [0.5, 0.6) is 0 Å². The Morgan fingerprint density at radius 1 is 1.38 bits per heavy atom. The summed E-state index contributed by atoms with van der Waals surface area (Å²) in [5.41, 5.74) is 2.04. The van der Waals surface area contributed by atoms with Crippen molar-refractivity contribution in [1.29, 1.82) is 5.26 Å². The van der Waals surface area contributed by atoms with Crippen molar-refractivity contribution in [2.24, 2.45) is 5.92 Å². The smallest absolute Gasteiger partial charge is 0.292 e. The number of carbonyl (C=O) groups excluding carboxylic acids is 1. The molecule has 0 unspecified atom stereocenters. The summed E-state index contributed by atoms with van der Waals surface area (Å²) in [7, 11) is 0. The van der Waals surface area contributed by atoms with Gasteiger partial charge in [-0.05, 0) is 42.9 Å². The maximum atomic E-state index is 12.7. The summed E-state index contributed by atoms with van der Waals surface area (Å²) in [6.45, 7) is 2.19. The number of nitro groups is 1. The molecule has 2 aromatic heterocycles. The largest absolute Gasteiger partial charge is 0.451 e. The number of thiophene rings is 1. The number of rotatable bonds is 4. The number of nitriles is 1. The molecule has 0 radical (unpaired) electrons. The van der Waals surface area contributed by atoms with Crippen molar-refractivity contribution in [2.75, 3.05) is 5.32 Å². The number of nitrogens with one attached hydrogen (secondary N) is 1. The lowest BCUT2D eigenvalue weighted by Crippen LogP contribution is -2.11. The van der Waals surface area contributed by atoms with Gasteiger partial charge in [0.1, 0.15) is 16.8 Å². The minimum absolute atomic E-state index is 0.0537. The molecule has 1 N–H and O–H groups in total. The molecule has 0 fully saturated rings. The van der Waals surface area contributed by atoms with Gasteiger partial charge in [-0.3, -0.25) is 14.9 Å². The van der Waals surface area contributed by atoms with E-state index in [1.165, 1.54) is 29.5 Å². The van der Waals surface area contributed by atoms with Gasteiger partial charge in [0.15, 0.2) is 5.76 Å². The second-order valence-electron chi connectivity index (χ2n) is 7.09. The average Bonchev–Trinajstić information content (AvgIpc) is 3.32. The quantitative estimate of drug-likeness (QED) is 0.474. The molecule has 29 heavy (non-hydrogen) atoms. The molecule has 1 aliphatic carbocycles. The number of non-ortho nitro benzene ring substituents is 1. The predicted molar refractivity (Wildman–Crippen MR) is 109 cm³/mol. The van der Waals surface area contributed by atoms with Crippen molar-refractivity contribution in [3.05, 3.63) is 68.3 Å². The molecule has 4 rings (SSSR count). The van der Waals surface area contributed by atoms with Crippen LogP contribution in [0.25, 0.3) is 11.3 Å². The first-order chi connectivity index (χ1) is 14.0. The molecule has 1 atom stereocenters.